The molecule has 0 saturated carbocycles. The van der Waals surface area contributed by atoms with Crippen LogP contribution >= 0.6 is 0 Å². The molecule has 0 bridgehead atoms. The van der Waals surface area contributed by atoms with Crippen molar-refractivity contribution >= 4 is 5.91 Å². The minimum Gasteiger partial charge on any atom is -0.480 e. The number of carbonyl (C=O) groups excluding carboxylic acids is 1. The maximum atomic E-state index is 12.4. The van der Waals surface area contributed by atoms with Gasteiger partial charge in [0.25, 0.3) is 5.91 Å². The van der Waals surface area contributed by atoms with E-state index in [0.717, 1.165) is 36.4 Å². The number of amides is 1. The van der Waals surface area contributed by atoms with Crippen LogP contribution in [0.3, 0.4) is 0 Å². The van der Waals surface area contributed by atoms with Crippen LogP contribution in [0.4, 0.5) is 0 Å². The second-order valence-electron chi connectivity index (χ2n) is 6.83. The number of nitrogens with one attached hydrogen (secondary N) is 1. The molecule has 0 radical (unpaired) electrons. The van der Waals surface area contributed by atoms with Gasteiger partial charge in [-0.3, -0.25) is 4.79 Å². The van der Waals surface area contributed by atoms with Gasteiger partial charge in [-0.25, -0.2) is 0 Å². The van der Waals surface area contributed by atoms with Crippen molar-refractivity contribution in [3.8, 4) is 5.75 Å². The fraction of sp³-hybridized carbons (Fsp3) is 0.650. The largest absolute Gasteiger partial charge is 0.480 e. The van der Waals surface area contributed by atoms with E-state index in [1.807, 2.05) is 32.9 Å². The predicted octanol–water partition coefficient (Wildman–Crippen LogP) is 3.45. The average molecular weight is 332 g/mol. The SMILES string of the molecule is CCC(Oc1cc(C)ccc1C)C(=O)NCCCN1CCCCC1. The molecule has 24 heavy (non-hydrogen) atoms. The topological polar surface area (TPSA) is 41.6 Å². The molecule has 2 rings (SSSR count). The molecule has 0 aromatic heterocycles. The van der Waals surface area contributed by atoms with Gasteiger partial charge < -0.3 is 15.0 Å². The van der Waals surface area contributed by atoms with Crippen LogP contribution in [-0.4, -0.2) is 43.1 Å². The van der Waals surface area contributed by atoms with Gasteiger partial charge in [-0.15, -0.1) is 0 Å². The van der Waals surface area contributed by atoms with Crippen molar-refractivity contribution in [1.29, 1.82) is 0 Å². The number of carbonyl (C=O) groups is 1. The summed E-state index contributed by atoms with van der Waals surface area (Å²) in [5.41, 5.74) is 2.21. The zero-order valence-corrected chi connectivity index (χ0v) is 15.4. The van der Waals surface area contributed by atoms with Crippen LogP contribution in [0.1, 0.15) is 50.2 Å². The first-order valence-corrected chi connectivity index (χ1v) is 9.34. The first kappa shape index (κ1) is 18.8. The van der Waals surface area contributed by atoms with E-state index in [0.29, 0.717) is 6.42 Å². The highest BCUT2D eigenvalue weighted by Gasteiger charge is 2.19. The Labute approximate surface area is 146 Å². The number of hydrogen-bond donors (Lipinski definition) is 1. The van der Waals surface area contributed by atoms with Crippen LogP contribution in [0, 0.1) is 13.8 Å². The van der Waals surface area contributed by atoms with Crippen molar-refractivity contribution in [3.05, 3.63) is 29.3 Å². The van der Waals surface area contributed by atoms with Crippen molar-refractivity contribution < 1.29 is 9.53 Å². The molecular formula is C20H32N2O2. The number of likely N-dealkylation sites (tertiary alicyclic amines) is 1. The fourth-order valence-electron chi connectivity index (χ4n) is 3.12. The van der Waals surface area contributed by atoms with E-state index in [9.17, 15) is 4.79 Å². The second-order valence-corrected chi connectivity index (χ2v) is 6.83. The Morgan fingerprint density at radius 2 is 2.00 bits per heavy atom. The fourth-order valence-corrected chi connectivity index (χ4v) is 3.12. The lowest BCUT2D eigenvalue weighted by atomic mass is 10.1. The van der Waals surface area contributed by atoms with Crippen molar-refractivity contribution in [3.63, 3.8) is 0 Å². The van der Waals surface area contributed by atoms with E-state index in [4.69, 9.17) is 4.74 Å². The number of rotatable bonds is 8. The van der Waals surface area contributed by atoms with Crippen molar-refractivity contribution in [2.45, 2.75) is 59.0 Å². The molecule has 1 saturated heterocycles. The molecular weight excluding hydrogens is 300 g/mol. The highest BCUT2D eigenvalue weighted by Crippen LogP contribution is 2.21. The molecule has 1 unspecified atom stereocenters. The lowest BCUT2D eigenvalue weighted by Gasteiger charge is -2.26. The Morgan fingerprint density at radius 3 is 2.71 bits per heavy atom. The molecule has 1 aromatic rings. The van der Waals surface area contributed by atoms with Crippen molar-refractivity contribution in [1.82, 2.24) is 10.2 Å². The highest BCUT2D eigenvalue weighted by atomic mass is 16.5. The van der Waals surface area contributed by atoms with Gasteiger partial charge in [-0.1, -0.05) is 25.5 Å². The first-order valence-electron chi connectivity index (χ1n) is 9.34. The maximum absolute atomic E-state index is 12.4. The molecule has 1 aliphatic heterocycles. The minimum absolute atomic E-state index is 0.00273. The van der Waals surface area contributed by atoms with E-state index in [-0.39, 0.29) is 5.91 Å². The molecule has 0 aliphatic carbocycles. The van der Waals surface area contributed by atoms with Crippen LogP contribution < -0.4 is 10.1 Å². The van der Waals surface area contributed by atoms with E-state index in [1.54, 1.807) is 0 Å². The Hall–Kier alpha value is -1.55. The smallest absolute Gasteiger partial charge is 0.261 e. The predicted molar refractivity (Wildman–Crippen MR) is 98.5 cm³/mol. The summed E-state index contributed by atoms with van der Waals surface area (Å²) in [6.45, 7) is 10.3. The molecule has 1 aromatic carbocycles. The van der Waals surface area contributed by atoms with Gasteiger partial charge in [0.05, 0.1) is 0 Å². The molecule has 4 heteroatoms. The third-order valence-electron chi connectivity index (χ3n) is 4.68. The van der Waals surface area contributed by atoms with Gasteiger partial charge in [-0.05, 0) is 76.4 Å². The Balaban J connectivity index is 1.75. The zero-order chi connectivity index (χ0) is 17.4. The first-order chi connectivity index (χ1) is 11.6. The number of benzene rings is 1. The molecule has 1 N–H and O–H groups in total. The van der Waals surface area contributed by atoms with Crippen LogP contribution in [0.15, 0.2) is 18.2 Å². The van der Waals surface area contributed by atoms with Gasteiger partial charge in [0.2, 0.25) is 0 Å². The lowest BCUT2D eigenvalue weighted by molar-refractivity contribution is -0.128. The normalized spacial score (nSPS) is 16.6. The van der Waals surface area contributed by atoms with E-state index < -0.39 is 6.10 Å². The zero-order valence-electron chi connectivity index (χ0n) is 15.4. The molecule has 4 nitrogen and oxygen atoms in total. The molecule has 1 amide bonds. The molecule has 134 valence electrons. The number of hydrogen-bond acceptors (Lipinski definition) is 3. The molecule has 1 aliphatic rings. The molecule has 1 heterocycles. The van der Waals surface area contributed by atoms with Gasteiger partial charge >= 0.3 is 0 Å². The number of ether oxygens (including phenoxy) is 1. The van der Waals surface area contributed by atoms with Gasteiger partial charge in [0, 0.05) is 6.54 Å². The third-order valence-corrected chi connectivity index (χ3v) is 4.68. The van der Waals surface area contributed by atoms with Crippen molar-refractivity contribution in [2.75, 3.05) is 26.2 Å². The third kappa shape index (κ3) is 5.82. The quantitative estimate of drug-likeness (QED) is 0.741. The van der Waals surface area contributed by atoms with E-state index >= 15 is 0 Å². The van der Waals surface area contributed by atoms with E-state index in [1.165, 1.54) is 32.4 Å². The molecule has 1 fully saturated rings. The minimum atomic E-state index is -0.416. The number of piperidine rings is 1. The lowest BCUT2D eigenvalue weighted by Crippen LogP contribution is -2.39. The summed E-state index contributed by atoms with van der Waals surface area (Å²) in [6, 6.07) is 6.10. The van der Waals surface area contributed by atoms with Crippen LogP contribution in [0.5, 0.6) is 5.75 Å². The summed E-state index contributed by atoms with van der Waals surface area (Å²) < 4.78 is 5.96. The second kappa shape index (κ2) is 9.67. The van der Waals surface area contributed by atoms with Crippen LogP contribution in [0.2, 0.25) is 0 Å². The van der Waals surface area contributed by atoms with Crippen LogP contribution in [0.25, 0.3) is 0 Å². The molecule has 0 spiro atoms. The number of nitrogens with zero attached hydrogens (tertiary/aromatic N) is 1. The Kier molecular flexibility index (Phi) is 7.57. The summed E-state index contributed by atoms with van der Waals surface area (Å²) in [7, 11) is 0. The summed E-state index contributed by atoms with van der Waals surface area (Å²) in [5.74, 6) is 0.808. The van der Waals surface area contributed by atoms with Crippen molar-refractivity contribution in [2.24, 2.45) is 0 Å². The Morgan fingerprint density at radius 1 is 1.25 bits per heavy atom. The molecule has 1 atom stereocenters. The van der Waals surface area contributed by atoms with Gasteiger partial charge in [0.1, 0.15) is 5.75 Å². The van der Waals surface area contributed by atoms with Gasteiger partial charge in [0.15, 0.2) is 6.10 Å². The Bertz CT molecular complexity index is 524. The maximum Gasteiger partial charge on any atom is 0.261 e. The summed E-state index contributed by atoms with van der Waals surface area (Å²) in [4.78, 5) is 14.9. The summed E-state index contributed by atoms with van der Waals surface area (Å²) >= 11 is 0. The summed E-state index contributed by atoms with van der Waals surface area (Å²) in [5, 5.41) is 3.04. The summed E-state index contributed by atoms with van der Waals surface area (Å²) in [6.07, 6.45) is 5.25. The van der Waals surface area contributed by atoms with Crippen LogP contribution in [-0.2, 0) is 4.79 Å². The van der Waals surface area contributed by atoms with E-state index in [2.05, 4.69) is 16.3 Å². The standard InChI is InChI=1S/C20H32N2O2/c1-4-18(24-19-15-16(2)9-10-17(19)3)20(23)21-11-8-14-22-12-6-5-7-13-22/h9-10,15,18H,4-8,11-14H2,1-3H3,(H,21,23). The average Bonchev–Trinajstić information content (AvgIpc) is 2.60. The number of aryl methyl sites for hydroxylation is 2. The highest BCUT2D eigenvalue weighted by molar-refractivity contribution is 5.81. The van der Waals surface area contributed by atoms with Gasteiger partial charge in [-0.2, -0.15) is 0 Å². The monoisotopic (exact) mass is 332 g/mol.